The molecule has 6 nitrogen and oxygen atoms in total. The van der Waals surface area contributed by atoms with Gasteiger partial charge in [-0.2, -0.15) is 0 Å². The van der Waals surface area contributed by atoms with Gasteiger partial charge in [-0.15, -0.1) is 0 Å². The molecule has 1 amide bonds. The number of piperidine rings is 1. The number of ether oxygens (including phenoxy) is 1. The number of hydrogen-bond acceptors (Lipinski definition) is 3. The van der Waals surface area contributed by atoms with Crippen LogP contribution in [0.3, 0.4) is 0 Å². The number of methoxy groups -OCH3 is 1. The molecule has 1 aromatic carbocycles. The van der Waals surface area contributed by atoms with Gasteiger partial charge in [-0.05, 0) is 30.9 Å². The van der Waals surface area contributed by atoms with E-state index in [1.165, 1.54) is 31.3 Å². The van der Waals surface area contributed by atoms with E-state index in [-0.39, 0.29) is 5.91 Å². The average Bonchev–Trinajstić information content (AvgIpc) is 3.04. The number of amides is 1. The third-order valence-electron chi connectivity index (χ3n) is 4.89. The van der Waals surface area contributed by atoms with Crippen LogP contribution in [0.25, 0.3) is 10.9 Å². The molecular weight excluding hydrogens is 318 g/mol. The number of hydrogen-bond donors (Lipinski definition) is 3. The Hall–Kier alpha value is -2.34. The van der Waals surface area contributed by atoms with Crippen LogP contribution in [0.15, 0.2) is 30.5 Å². The molecule has 1 aromatic heterocycles. The summed E-state index contributed by atoms with van der Waals surface area (Å²) in [6.07, 6.45) is 5.88. The highest BCUT2D eigenvalue weighted by molar-refractivity contribution is 5.87. The second-order valence-electron chi connectivity index (χ2n) is 6.69. The molecular formula is C19H26N3O3+. The highest BCUT2D eigenvalue weighted by atomic mass is 16.5. The number of H-pyrrole nitrogens is 1. The number of aromatic amines is 1. The van der Waals surface area contributed by atoms with Crippen molar-refractivity contribution >= 4 is 22.8 Å². The van der Waals surface area contributed by atoms with Gasteiger partial charge >= 0.3 is 5.97 Å². The third-order valence-corrected chi connectivity index (χ3v) is 4.89. The lowest BCUT2D eigenvalue weighted by Crippen LogP contribution is -3.14. The van der Waals surface area contributed by atoms with Crippen LogP contribution in [0.1, 0.15) is 24.8 Å². The van der Waals surface area contributed by atoms with Crippen molar-refractivity contribution in [3.63, 3.8) is 0 Å². The highest BCUT2D eigenvalue weighted by Crippen LogP contribution is 2.19. The molecule has 0 aliphatic carbocycles. The molecule has 2 aromatic rings. The van der Waals surface area contributed by atoms with E-state index in [2.05, 4.69) is 10.3 Å². The van der Waals surface area contributed by atoms with Gasteiger partial charge in [0.25, 0.3) is 5.91 Å². The van der Waals surface area contributed by atoms with Gasteiger partial charge in [0.2, 0.25) is 0 Å². The van der Waals surface area contributed by atoms with Crippen molar-refractivity contribution in [2.24, 2.45) is 0 Å². The Kier molecular flexibility index (Phi) is 5.71. The molecule has 3 rings (SSSR count). The van der Waals surface area contributed by atoms with Crippen LogP contribution in [0.5, 0.6) is 0 Å². The Morgan fingerprint density at radius 3 is 2.76 bits per heavy atom. The van der Waals surface area contributed by atoms with Gasteiger partial charge in [0.05, 0.1) is 20.2 Å². The first kappa shape index (κ1) is 17.5. The maximum absolute atomic E-state index is 12.4. The highest BCUT2D eigenvalue weighted by Gasteiger charge is 2.25. The number of para-hydroxylation sites is 1. The Morgan fingerprint density at radius 2 is 2.00 bits per heavy atom. The number of aromatic nitrogens is 1. The van der Waals surface area contributed by atoms with Crippen LogP contribution in [0, 0.1) is 0 Å². The molecule has 6 heteroatoms. The zero-order chi connectivity index (χ0) is 17.6. The molecule has 0 saturated carbocycles. The van der Waals surface area contributed by atoms with Gasteiger partial charge in [0.1, 0.15) is 6.04 Å². The number of carbonyl (C=O) groups excluding carboxylic acids is 2. The summed E-state index contributed by atoms with van der Waals surface area (Å²) in [6.45, 7) is 2.47. The van der Waals surface area contributed by atoms with Crippen molar-refractivity contribution < 1.29 is 19.2 Å². The Balaban J connectivity index is 1.67. The molecule has 1 fully saturated rings. The minimum Gasteiger partial charge on any atom is -0.467 e. The first-order chi connectivity index (χ1) is 12.2. The van der Waals surface area contributed by atoms with Crippen molar-refractivity contribution in [2.75, 3.05) is 26.7 Å². The molecule has 134 valence electrons. The maximum Gasteiger partial charge on any atom is 0.328 e. The maximum atomic E-state index is 12.4. The molecule has 1 aliphatic rings. The predicted octanol–water partition coefficient (Wildman–Crippen LogP) is 0.437. The standard InChI is InChI=1S/C19H25N3O3/c1-25-19(24)17(21-18(23)13-22-9-5-2-6-10-22)11-14-12-20-16-8-4-3-7-15(14)16/h3-4,7-8,12,17,20H,2,5-6,9-11,13H2,1H3,(H,21,23)/p+1/t17-/m0/s1. The van der Waals surface area contributed by atoms with Gasteiger partial charge in [-0.1, -0.05) is 18.2 Å². The number of rotatable bonds is 6. The number of carbonyl (C=O) groups is 2. The first-order valence-corrected chi connectivity index (χ1v) is 8.93. The largest absolute Gasteiger partial charge is 0.467 e. The zero-order valence-electron chi connectivity index (χ0n) is 14.6. The van der Waals surface area contributed by atoms with E-state index in [0.29, 0.717) is 13.0 Å². The number of fused-ring (bicyclic) bond motifs is 1. The smallest absolute Gasteiger partial charge is 0.328 e. The van der Waals surface area contributed by atoms with Gasteiger partial charge in [-0.3, -0.25) is 4.79 Å². The summed E-state index contributed by atoms with van der Waals surface area (Å²) in [4.78, 5) is 29.0. The lowest BCUT2D eigenvalue weighted by atomic mass is 10.0. The monoisotopic (exact) mass is 344 g/mol. The molecule has 1 saturated heterocycles. The summed E-state index contributed by atoms with van der Waals surface area (Å²) in [6, 6.07) is 7.26. The van der Waals surface area contributed by atoms with Gasteiger partial charge in [0, 0.05) is 23.5 Å². The second-order valence-corrected chi connectivity index (χ2v) is 6.69. The minimum absolute atomic E-state index is 0.0906. The molecule has 3 N–H and O–H groups in total. The molecule has 0 spiro atoms. The van der Waals surface area contributed by atoms with E-state index < -0.39 is 12.0 Å². The SMILES string of the molecule is COC(=O)[C@H](Cc1c[nH]c2ccccc12)NC(=O)C[NH+]1CCCCC1. The molecule has 1 atom stereocenters. The fourth-order valence-electron chi connectivity index (χ4n) is 3.56. The molecule has 2 heterocycles. The normalized spacial score (nSPS) is 16.5. The van der Waals surface area contributed by atoms with Crippen molar-refractivity contribution in [2.45, 2.75) is 31.7 Å². The van der Waals surface area contributed by atoms with Crippen LogP contribution in [0.4, 0.5) is 0 Å². The van der Waals surface area contributed by atoms with E-state index in [1.807, 2.05) is 30.5 Å². The lowest BCUT2D eigenvalue weighted by molar-refractivity contribution is -0.896. The summed E-state index contributed by atoms with van der Waals surface area (Å²) in [5.41, 5.74) is 2.02. The average molecular weight is 344 g/mol. The second kappa shape index (κ2) is 8.16. The zero-order valence-corrected chi connectivity index (χ0v) is 14.6. The summed E-state index contributed by atoms with van der Waals surface area (Å²) >= 11 is 0. The van der Waals surface area contributed by atoms with Crippen LogP contribution >= 0.6 is 0 Å². The van der Waals surface area contributed by atoms with E-state index in [0.717, 1.165) is 29.6 Å². The molecule has 0 unspecified atom stereocenters. The number of likely N-dealkylation sites (tertiary alicyclic amines) is 1. The van der Waals surface area contributed by atoms with Gasteiger partial charge in [-0.25, -0.2) is 4.79 Å². The predicted molar refractivity (Wildman–Crippen MR) is 95.4 cm³/mol. The topological polar surface area (TPSA) is 75.6 Å². The summed E-state index contributed by atoms with van der Waals surface area (Å²) in [7, 11) is 1.35. The fraction of sp³-hybridized carbons (Fsp3) is 0.474. The third kappa shape index (κ3) is 4.39. The van der Waals surface area contributed by atoms with Crippen LogP contribution in [-0.4, -0.2) is 49.6 Å². The van der Waals surface area contributed by atoms with E-state index in [9.17, 15) is 9.59 Å². The molecule has 0 radical (unpaired) electrons. The quantitative estimate of drug-likeness (QED) is 0.666. The Morgan fingerprint density at radius 1 is 1.24 bits per heavy atom. The van der Waals surface area contributed by atoms with E-state index >= 15 is 0 Å². The number of nitrogens with one attached hydrogen (secondary N) is 3. The number of esters is 1. The Bertz CT molecular complexity index is 734. The molecule has 0 bridgehead atoms. The summed E-state index contributed by atoms with van der Waals surface area (Å²) < 4.78 is 4.89. The molecule has 1 aliphatic heterocycles. The van der Waals surface area contributed by atoms with E-state index in [4.69, 9.17) is 4.74 Å². The van der Waals surface area contributed by atoms with Crippen molar-refractivity contribution in [1.82, 2.24) is 10.3 Å². The van der Waals surface area contributed by atoms with Gasteiger partial charge in [0.15, 0.2) is 6.54 Å². The minimum atomic E-state index is -0.666. The first-order valence-electron chi connectivity index (χ1n) is 8.93. The lowest BCUT2D eigenvalue weighted by Gasteiger charge is -2.24. The van der Waals surface area contributed by atoms with Crippen LogP contribution < -0.4 is 10.2 Å². The number of quaternary nitrogens is 1. The summed E-state index contributed by atoms with van der Waals surface area (Å²) in [5.74, 6) is -0.501. The van der Waals surface area contributed by atoms with Crippen LogP contribution in [0.2, 0.25) is 0 Å². The van der Waals surface area contributed by atoms with Gasteiger partial charge < -0.3 is 19.9 Å². The fourth-order valence-corrected chi connectivity index (χ4v) is 3.56. The van der Waals surface area contributed by atoms with E-state index in [1.54, 1.807) is 0 Å². The summed E-state index contributed by atoms with van der Waals surface area (Å²) in [5, 5.41) is 3.93. The van der Waals surface area contributed by atoms with Crippen molar-refractivity contribution in [3.8, 4) is 0 Å². The van der Waals surface area contributed by atoms with Crippen molar-refractivity contribution in [3.05, 3.63) is 36.0 Å². The molecule has 25 heavy (non-hydrogen) atoms. The number of benzene rings is 1. The van der Waals surface area contributed by atoms with Crippen LogP contribution in [-0.2, 0) is 20.7 Å². The Labute approximate surface area is 147 Å². The van der Waals surface area contributed by atoms with Crippen molar-refractivity contribution in [1.29, 1.82) is 0 Å².